The highest BCUT2D eigenvalue weighted by Gasteiger charge is 2.09. The van der Waals surface area contributed by atoms with E-state index in [1.54, 1.807) is 0 Å². The Morgan fingerprint density at radius 3 is 1.43 bits per heavy atom. The van der Waals surface area contributed by atoms with Crippen LogP contribution >= 0.6 is 0 Å². The van der Waals surface area contributed by atoms with Crippen molar-refractivity contribution >= 4 is 0 Å². The van der Waals surface area contributed by atoms with Gasteiger partial charge in [-0.1, -0.05) is 107 Å². The average Bonchev–Trinajstić information content (AvgIpc) is 2.79. The summed E-state index contributed by atoms with van der Waals surface area (Å²) in [4.78, 5) is 0. The predicted octanol–water partition coefficient (Wildman–Crippen LogP) is 8.93. The molecule has 0 N–H and O–H groups in total. The Morgan fingerprint density at radius 2 is 0.867 bits per heavy atom. The molecule has 0 bridgehead atoms. The highest BCUT2D eigenvalue weighted by Crippen LogP contribution is 2.34. The third-order valence-electron chi connectivity index (χ3n) is 5.84. The molecule has 4 aromatic carbocycles. The maximum absolute atomic E-state index is 2.33. The maximum Gasteiger partial charge on any atom is -0.0172 e. The highest BCUT2D eigenvalue weighted by atomic mass is 14.1. The van der Waals surface area contributed by atoms with Gasteiger partial charge in [0.2, 0.25) is 0 Å². The zero-order chi connectivity index (χ0) is 21.1. The van der Waals surface area contributed by atoms with Crippen LogP contribution in [0.2, 0.25) is 0 Å². The van der Waals surface area contributed by atoms with Crippen molar-refractivity contribution in [2.45, 2.75) is 39.5 Å². The molecule has 0 heteroatoms. The largest absolute Gasteiger partial charge is 0.0622 e. The van der Waals surface area contributed by atoms with Crippen LogP contribution in [0.4, 0.5) is 0 Å². The molecule has 0 saturated carbocycles. The third-order valence-corrected chi connectivity index (χ3v) is 5.84. The number of benzene rings is 4. The molecule has 4 aromatic rings. The van der Waals surface area contributed by atoms with Crippen molar-refractivity contribution in [1.29, 1.82) is 0 Å². The van der Waals surface area contributed by atoms with Crippen LogP contribution in [0.3, 0.4) is 0 Å². The van der Waals surface area contributed by atoms with Crippen molar-refractivity contribution in [3.8, 4) is 33.4 Å². The van der Waals surface area contributed by atoms with Crippen molar-refractivity contribution in [1.82, 2.24) is 0 Å². The molecule has 0 nitrogen and oxygen atoms in total. The SMILES string of the molecule is CC(C)c1ccc(-c2cc(-c3ccccc3)cc(-c3cccc(C(C)C)c3)c2)cc1. The molecular weight excluding hydrogens is 360 g/mol. The van der Waals surface area contributed by atoms with E-state index in [9.17, 15) is 0 Å². The van der Waals surface area contributed by atoms with Crippen molar-refractivity contribution in [2.75, 3.05) is 0 Å². The van der Waals surface area contributed by atoms with Crippen LogP contribution < -0.4 is 0 Å². The Hall–Kier alpha value is -3.12. The highest BCUT2D eigenvalue weighted by molar-refractivity contribution is 5.81. The minimum absolute atomic E-state index is 0.519. The van der Waals surface area contributed by atoms with E-state index in [1.165, 1.54) is 44.5 Å². The maximum atomic E-state index is 2.33. The van der Waals surface area contributed by atoms with Crippen LogP contribution in [-0.2, 0) is 0 Å². The first-order chi connectivity index (χ1) is 14.5. The lowest BCUT2D eigenvalue weighted by Crippen LogP contribution is -1.90. The van der Waals surface area contributed by atoms with Crippen LogP contribution in [0.1, 0.15) is 50.7 Å². The van der Waals surface area contributed by atoms with Gasteiger partial charge < -0.3 is 0 Å². The molecule has 0 saturated heterocycles. The van der Waals surface area contributed by atoms with E-state index in [4.69, 9.17) is 0 Å². The molecule has 0 heterocycles. The van der Waals surface area contributed by atoms with Gasteiger partial charge in [-0.05, 0) is 74.5 Å². The van der Waals surface area contributed by atoms with Gasteiger partial charge in [0.1, 0.15) is 0 Å². The summed E-state index contributed by atoms with van der Waals surface area (Å²) in [6.07, 6.45) is 0. The minimum atomic E-state index is 0.519. The summed E-state index contributed by atoms with van der Waals surface area (Å²) in [6.45, 7) is 8.98. The Morgan fingerprint density at radius 1 is 0.367 bits per heavy atom. The van der Waals surface area contributed by atoms with E-state index in [0.717, 1.165) is 0 Å². The van der Waals surface area contributed by atoms with Crippen molar-refractivity contribution in [3.05, 3.63) is 108 Å². The topological polar surface area (TPSA) is 0 Å². The van der Waals surface area contributed by atoms with Crippen molar-refractivity contribution < 1.29 is 0 Å². The molecule has 0 spiro atoms. The van der Waals surface area contributed by atoms with Gasteiger partial charge in [-0.2, -0.15) is 0 Å². The molecule has 0 unspecified atom stereocenters. The molecular formula is C30H30. The smallest absolute Gasteiger partial charge is 0.0172 e. The number of hydrogen-bond acceptors (Lipinski definition) is 0. The first-order valence-electron chi connectivity index (χ1n) is 10.9. The van der Waals surface area contributed by atoms with Gasteiger partial charge in [0.25, 0.3) is 0 Å². The van der Waals surface area contributed by atoms with Crippen LogP contribution in [0.5, 0.6) is 0 Å². The molecule has 0 aliphatic rings. The fourth-order valence-electron chi connectivity index (χ4n) is 3.90. The molecule has 0 aliphatic heterocycles. The van der Waals surface area contributed by atoms with Gasteiger partial charge in [0, 0.05) is 0 Å². The van der Waals surface area contributed by atoms with E-state index in [2.05, 4.69) is 125 Å². The summed E-state index contributed by atoms with van der Waals surface area (Å²) in [7, 11) is 0. The minimum Gasteiger partial charge on any atom is -0.0622 e. The van der Waals surface area contributed by atoms with Gasteiger partial charge >= 0.3 is 0 Å². The first kappa shape index (κ1) is 20.2. The monoisotopic (exact) mass is 390 g/mol. The fourth-order valence-corrected chi connectivity index (χ4v) is 3.90. The zero-order valence-electron chi connectivity index (χ0n) is 18.4. The third kappa shape index (κ3) is 4.39. The van der Waals surface area contributed by atoms with Gasteiger partial charge in [0.15, 0.2) is 0 Å². The molecule has 4 rings (SSSR count). The van der Waals surface area contributed by atoms with Gasteiger partial charge in [-0.25, -0.2) is 0 Å². The summed E-state index contributed by atoms with van der Waals surface area (Å²) < 4.78 is 0. The number of rotatable bonds is 5. The summed E-state index contributed by atoms with van der Waals surface area (Å²) in [5.74, 6) is 1.06. The molecule has 30 heavy (non-hydrogen) atoms. The molecule has 0 aliphatic carbocycles. The lowest BCUT2D eigenvalue weighted by atomic mass is 9.91. The standard InChI is InChI=1S/C30H30/c1-21(2)23-13-15-25(16-14-23)29-18-28(24-9-6-5-7-10-24)19-30(20-29)27-12-8-11-26(17-27)22(3)4/h5-22H,1-4H3. The summed E-state index contributed by atoms with van der Waals surface area (Å²) in [5, 5.41) is 0. The zero-order valence-corrected chi connectivity index (χ0v) is 18.4. The summed E-state index contributed by atoms with van der Waals surface area (Å²) in [6, 6.07) is 35.6. The second kappa shape index (κ2) is 8.71. The lowest BCUT2D eigenvalue weighted by molar-refractivity contribution is 0.867. The van der Waals surface area contributed by atoms with Crippen LogP contribution in [0, 0.1) is 0 Å². The normalized spacial score (nSPS) is 11.3. The molecule has 0 amide bonds. The Balaban J connectivity index is 1.86. The molecule has 0 atom stereocenters. The fraction of sp³-hybridized carbons (Fsp3) is 0.200. The van der Waals surface area contributed by atoms with E-state index < -0.39 is 0 Å². The van der Waals surface area contributed by atoms with E-state index in [-0.39, 0.29) is 0 Å². The van der Waals surface area contributed by atoms with Gasteiger partial charge in [-0.15, -0.1) is 0 Å². The first-order valence-corrected chi connectivity index (χ1v) is 10.9. The van der Waals surface area contributed by atoms with Crippen LogP contribution in [-0.4, -0.2) is 0 Å². The molecule has 150 valence electrons. The molecule has 0 radical (unpaired) electrons. The van der Waals surface area contributed by atoms with E-state index in [0.29, 0.717) is 11.8 Å². The van der Waals surface area contributed by atoms with Crippen molar-refractivity contribution in [2.24, 2.45) is 0 Å². The summed E-state index contributed by atoms with van der Waals surface area (Å²) >= 11 is 0. The Labute approximate surface area is 181 Å². The molecule has 0 fully saturated rings. The second-order valence-electron chi connectivity index (χ2n) is 8.72. The van der Waals surface area contributed by atoms with Crippen molar-refractivity contribution in [3.63, 3.8) is 0 Å². The predicted molar refractivity (Wildman–Crippen MR) is 131 cm³/mol. The van der Waals surface area contributed by atoms with Gasteiger partial charge in [0.05, 0.1) is 0 Å². The average molecular weight is 391 g/mol. The Kier molecular flexibility index (Phi) is 5.86. The Bertz CT molecular complexity index is 1120. The lowest BCUT2D eigenvalue weighted by Gasteiger charge is -2.14. The number of hydrogen-bond donors (Lipinski definition) is 0. The van der Waals surface area contributed by atoms with Gasteiger partial charge in [-0.3, -0.25) is 0 Å². The second-order valence-corrected chi connectivity index (χ2v) is 8.72. The molecule has 0 aromatic heterocycles. The van der Waals surface area contributed by atoms with Crippen LogP contribution in [0.15, 0.2) is 97.1 Å². The van der Waals surface area contributed by atoms with E-state index in [1.807, 2.05) is 0 Å². The van der Waals surface area contributed by atoms with E-state index >= 15 is 0 Å². The quantitative estimate of drug-likeness (QED) is 0.319. The summed E-state index contributed by atoms with van der Waals surface area (Å²) in [5.41, 5.74) is 10.3. The van der Waals surface area contributed by atoms with Crippen LogP contribution in [0.25, 0.3) is 33.4 Å².